The summed E-state index contributed by atoms with van der Waals surface area (Å²) < 4.78 is 5.71. The molecule has 0 fully saturated rings. The van der Waals surface area contributed by atoms with E-state index < -0.39 is 0 Å². The average Bonchev–Trinajstić information content (AvgIpc) is 2.33. The van der Waals surface area contributed by atoms with Gasteiger partial charge in [0, 0.05) is 30.2 Å². The van der Waals surface area contributed by atoms with E-state index >= 15 is 0 Å². The van der Waals surface area contributed by atoms with E-state index in [0.29, 0.717) is 0 Å². The Labute approximate surface area is 115 Å². The Bertz CT molecular complexity index is 356. The first kappa shape index (κ1) is 15.3. The predicted octanol–water partition coefficient (Wildman–Crippen LogP) is 2.78. The van der Waals surface area contributed by atoms with Crippen molar-refractivity contribution in [3.05, 3.63) is 28.8 Å². The number of nitrogens with zero attached hydrogens (tertiary/aromatic N) is 1. The van der Waals surface area contributed by atoms with E-state index in [1.165, 1.54) is 0 Å². The highest BCUT2D eigenvalue weighted by atomic mass is 35.5. The fourth-order valence-electron chi connectivity index (χ4n) is 1.56. The minimum Gasteiger partial charge on any atom is -0.493 e. The van der Waals surface area contributed by atoms with Crippen molar-refractivity contribution in [2.24, 2.45) is 0 Å². The molecule has 1 rings (SSSR count). The van der Waals surface area contributed by atoms with Gasteiger partial charge in [-0.15, -0.1) is 0 Å². The maximum Gasteiger partial charge on any atom is 0.123 e. The summed E-state index contributed by atoms with van der Waals surface area (Å²) in [7, 11) is 4.13. The van der Waals surface area contributed by atoms with Crippen LogP contribution in [0.3, 0.4) is 0 Å². The molecular weight excluding hydrogens is 248 g/mol. The largest absolute Gasteiger partial charge is 0.493 e. The van der Waals surface area contributed by atoms with E-state index in [2.05, 4.69) is 31.2 Å². The van der Waals surface area contributed by atoms with Crippen molar-refractivity contribution in [2.75, 3.05) is 33.8 Å². The standard InChI is InChI=1S/C14H23ClN2O/c1-4-9-18-14-6-5-13(15)10-12(14)11-16-7-8-17(2)3/h5-6,10,16H,4,7-9,11H2,1-3H3. The molecule has 0 bridgehead atoms. The Morgan fingerprint density at radius 3 is 2.78 bits per heavy atom. The van der Waals surface area contributed by atoms with Crippen LogP contribution >= 0.6 is 11.6 Å². The zero-order valence-electron chi connectivity index (χ0n) is 11.5. The van der Waals surface area contributed by atoms with E-state index in [4.69, 9.17) is 16.3 Å². The first-order chi connectivity index (χ1) is 8.63. The van der Waals surface area contributed by atoms with E-state index in [1.54, 1.807) is 0 Å². The topological polar surface area (TPSA) is 24.5 Å². The van der Waals surface area contributed by atoms with Crippen LogP contribution in [0.15, 0.2) is 18.2 Å². The summed E-state index contributed by atoms with van der Waals surface area (Å²) in [4.78, 5) is 2.15. The second-order valence-electron chi connectivity index (χ2n) is 4.58. The number of rotatable bonds is 8. The lowest BCUT2D eigenvalue weighted by Gasteiger charge is -2.13. The molecule has 18 heavy (non-hydrogen) atoms. The molecule has 1 aromatic carbocycles. The molecule has 1 N–H and O–H groups in total. The molecule has 0 saturated heterocycles. The molecule has 0 aliphatic heterocycles. The monoisotopic (exact) mass is 270 g/mol. The molecule has 3 nitrogen and oxygen atoms in total. The van der Waals surface area contributed by atoms with E-state index in [-0.39, 0.29) is 0 Å². The van der Waals surface area contributed by atoms with Crippen molar-refractivity contribution < 1.29 is 4.74 Å². The van der Waals surface area contributed by atoms with Crippen LogP contribution in [0.1, 0.15) is 18.9 Å². The van der Waals surface area contributed by atoms with Crippen molar-refractivity contribution in [1.82, 2.24) is 10.2 Å². The molecule has 0 saturated carbocycles. The Kier molecular flexibility index (Phi) is 7.09. The lowest BCUT2D eigenvalue weighted by atomic mass is 10.2. The van der Waals surface area contributed by atoms with Crippen molar-refractivity contribution in [3.8, 4) is 5.75 Å². The van der Waals surface area contributed by atoms with Gasteiger partial charge in [-0.25, -0.2) is 0 Å². The van der Waals surface area contributed by atoms with Gasteiger partial charge in [0.05, 0.1) is 6.61 Å². The van der Waals surface area contributed by atoms with Crippen molar-refractivity contribution in [2.45, 2.75) is 19.9 Å². The highest BCUT2D eigenvalue weighted by molar-refractivity contribution is 6.30. The van der Waals surface area contributed by atoms with Gasteiger partial charge in [0.25, 0.3) is 0 Å². The number of hydrogen-bond acceptors (Lipinski definition) is 3. The molecule has 0 aromatic heterocycles. The summed E-state index contributed by atoms with van der Waals surface area (Å²) >= 11 is 6.02. The van der Waals surface area contributed by atoms with Crippen LogP contribution in [0, 0.1) is 0 Å². The SMILES string of the molecule is CCCOc1ccc(Cl)cc1CNCCN(C)C. The summed E-state index contributed by atoms with van der Waals surface area (Å²) in [5, 5.41) is 4.15. The lowest BCUT2D eigenvalue weighted by Crippen LogP contribution is -2.26. The Hall–Kier alpha value is -0.770. The van der Waals surface area contributed by atoms with Gasteiger partial charge in [0.15, 0.2) is 0 Å². The van der Waals surface area contributed by atoms with Crippen LogP contribution < -0.4 is 10.1 Å². The number of nitrogens with one attached hydrogen (secondary N) is 1. The number of benzene rings is 1. The van der Waals surface area contributed by atoms with Crippen LogP contribution in [0.25, 0.3) is 0 Å². The van der Waals surface area contributed by atoms with E-state index in [1.807, 2.05) is 18.2 Å². The Morgan fingerprint density at radius 2 is 2.11 bits per heavy atom. The summed E-state index contributed by atoms with van der Waals surface area (Å²) in [6.07, 6.45) is 1.01. The van der Waals surface area contributed by atoms with Gasteiger partial charge in [0.2, 0.25) is 0 Å². The van der Waals surface area contributed by atoms with Crippen LogP contribution in [0.4, 0.5) is 0 Å². The highest BCUT2D eigenvalue weighted by Crippen LogP contribution is 2.22. The molecule has 0 spiro atoms. The predicted molar refractivity (Wildman–Crippen MR) is 77.5 cm³/mol. The molecule has 102 valence electrons. The van der Waals surface area contributed by atoms with Gasteiger partial charge < -0.3 is 15.0 Å². The highest BCUT2D eigenvalue weighted by Gasteiger charge is 2.04. The molecule has 0 aliphatic carbocycles. The summed E-state index contributed by atoms with van der Waals surface area (Å²) in [6, 6.07) is 5.78. The molecule has 1 aromatic rings. The van der Waals surface area contributed by atoms with Gasteiger partial charge in [-0.1, -0.05) is 18.5 Å². The Balaban J connectivity index is 2.52. The van der Waals surface area contributed by atoms with Crippen molar-refractivity contribution in [1.29, 1.82) is 0 Å². The molecule has 0 atom stereocenters. The molecule has 0 aliphatic rings. The zero-order chi connectivity index (χ0) is 13.4. The third kappa shape index (κ3) is 5.71. The van der Waals surface area contributed by atoms with Crippen LogP contribution in [0.5, 0.6) is 5.75 Å². The summed E-state index contributed by atoms with van der Waals surface area (Å²) in [5.41, 5.74) is 1.12. The van der Waals surface area contributed by atoms with Crippen LogP contribution in [0.2, 0.25) is 5.02 Å². The third-order valence-electron chi connectivity index (χ3n) is 2.54. The number of hydrogen-bond donors (Lipinski definition) is 1. The fraction of sp³-hybridized carbons (Fsp3) is 0.571. The van der Waals surface area contributed by atoms with Gasteiger partial charge in [-0.3, -0.25) is 0 Å². The van der Waals surface area contributed by atoms with Gasteiger partial charge in [0.1, 0.15) is 5.75 Å². The second-order valence-corrected chi connectivity index (χ2v) is 5.02. The molecular formula is C14H23ClN2O. The normalized spacial score (nSPS) is 10.9. The van der Waals surface area contributed by atoms with Gasteiger partial charge >= 0.3 is 0 Å². The number of halogens is 1. The quantitative estimate of drug-likeness (QED) is 0.735. The maximum absolute atomic E-state index is 6.02. The van der Waals surface area contributed by atoms with Crippen LogP contribution in [-0.4, -0.2) is 38.7 Å². The van der Waals surface area contributed by atoms with Gasteiger partial charge in [-0.2, -0.15) is 0 Å². The summed E-state index contributed by atoms with van der Waals surface area (Å²) in [5.74, 6) is 0.929. The van der Waals surface area contributed by atoms with Crippen molar-refractivity contribution >= 4 is 11.6 Å². The third-order valence-corrected chi connectivity index (χ3v) is 2.77. The fourth-order valence-corrected chi connectivity index (χ4v) is 1.76. The zero-order valence-corrected chi connectivity index (χ0v) is 12.3. The maximum atomic E-state index is 6.02. The van der Waals surface area contributed by atoms with E-state index in [9.17, 15) is 0 Å². The molecule has 0 unspecified atom stereocenters. The van der Waals surface area contributed by atoms with Crippen LogP contribution in [-0.2, 0) is 6.54 Å². The lowest BCUT2D eigenvalue weighted by molar-refractivity contribution is 0.313. The summed E-state index contributed by atoms with van der Waals surface area (Å²) in [6.45, 7) is 5.60. The first-order valence-corrected chi connectivity index (χ1v) is 6.78. The molecule has 4 heteroatoms. The van der Waals surface area contributed by atoms with Gasteiger partial charge in [-0.05, 0) is 38.7 Å². The smallest absolute Gasteiger partial charge is 0.123 e. The molecule has 0 radical (unpaired) electrons. The molecule has 0 heterocycles. The first-order valence-electron chi connectivity index (χ1n) is 6.40. The molecule has 0 amide bonds. The number of ether oxygens (including phenoxy) is 1. The minimum atomic E-state index is 0.742. The second kappa shape index (κ2) is 8.35. The van der Waals surface area contributed by atoms with E-state index in [0.717, 1.165) is 49.0 Å². The Morgan fingerprint density at radius 1 is 1.33 bits per heavy atom. The van der Waals surface area contributed by atoms with Crippen molar-refractivity contribution in [3.63, 3.8) is 0 Å². The number of likely N-dealkylation sites (N-methyl/N-ethyl adjacent to an activating group) is 1. The minimum absolute atomic E-state index is 0.742. The average molecular weight is 271 g/mol.